The van der Waals surface area contributed by atoms with Gasteiger partial charge in [0.25, 0.3) is 0 Å². The van der Waals surface area contributed by atoms with Gasteiger partial charge >= 0.3 is 17.9 Å². The van der Waals surface area contributed by atoms with Crippen LogP contribution in [0.2, 0.25) is 0 Å². The highest BCUT2D eigenvalue weighted by molar-refractivity contribution is 5.92. The number of nitrogens with two attached hydrogens (primary N) is 2. The Balaban J connectivity index is 1.37. The maximum absolute atomic E-state index is 12.2. The molecule has 3 aromatic carbocycles. The lowest BCUT2D eigenvalue weighted by Gasteiger charge is -2.11. The molecule has 0 bridgehead atoms. The van der Waals surface area contributed by atoms with E-state index in [2.05, 4.69) is 6.92 Å². The number of nitrogen functional groups attached to an aromatic ring is 2. The van der Waals surface area contributed by atoms with Crippen LogP contribution < -0.4 is 25.7 Å². The number of hydrogen-bond acceptors (Lipinski definition) is 8. The minimum absolute atomic E-state index is 0.107. The van der Waals surface area contributed by atoms with Crippen molar-refractivity contribution >= 4 is 35.4 Å². The average molecular weight is 575 g/mol. The van der Waals surface area contributed by atoms with Gasteiger partial charge in [0.2, 0.25) is 0 Å². The number of carbonyl (C=O) groups is 3. The molecule has 0 unspecified atom stereocenters. The van der Waals surface area contributed by atoms with Gasteiger partial charge < -0.3 is 30.8 Å². The van der Waals surface area contributed by atoms with E-state index in [4.69, 9.17) is 25.7 Å². The second-order valence-electron chi connectivity index (χ2n) is 9.83. The first-order valence-corrected chi connectivity index (χ1v) is 14.1. The Labute approximate surface area is 246 Å². The number of esters is 2. The predicted molar refractivity (Wildman–Crippen MR) is 163 cm³/mol. The lowest BCUT2D eigenvalue weighted by atomic mass is 9.98. The SMILES string of the molecule is CCCCCOc1ccc(OC(=O)/C=C/c2ccc(OC(=O)CCCCCc3c(N)cc(N)cc3C(=O)O)cc2)cc1. The molecule has 3 aromatic rings. The fourth-order valence-electron chi connectivity index (χ4n) is 4.23. The second-order valence-corrected chi connectivity index (χ2v) is 9.83. The number of anilines is 2. The van der Waals surface area contributed by atoms with Crippen molar-refractivity contribution in [2.45, 2.75) is 58.3 Å². The molecule has 0 atom stereocenters. The molecular weight excluding hydrogens is 536 g/mol. The molecule has 0 heterocycles. The van der Waals surface area contributed by atoms with Gasteiger partial charge in [0.1, 0.15) is 17.2 Å². The molecule has 0 aromatic heterocycles. The Bertz CT molecular complexity index is 1370. The zero-order valence-electron chi connectivity index (χ0n) is 23.8. The molecule has 222 valence electrons. The molecule has 0 fully saturated rings. The van der Waals surface area contributed by atoms with E-state index in [1.807, 2.05) is 0 Å². The monoisotopic (exact) mass is 574 g/mol. The summed E-state index contributed by atoms with van der Waals surface area (Å²) in [5, 5.41) is 9.39. The van der Waals surface area contributed by atoms with E-state index in [1.165, 1.54) is 12.1 Å². The Morgan fingerprint density at radius 3 is 2.17 bits per heavy atom. The first kappa shape index (κ1) is 31.7. The highest BCUT2D eigenvalue weighted by atomic mass is 16.5. The number of ether oxygens (including phenoxy) is 3. The number of carboxylic acids is 1. The Kier molecular flexibility index (Phi) is 12.4. The summed E-state index contributed by atoms with van der Waals surface area (Å²) in [7, 11) is 0. The number of benzene rings is 3. The van der Waals surface area contributed by atoms with Crippen molar-refractivity contribution in [3.05, 3.63) is 83.4 Å². The average Bonchev–Trinajstić information content (AvgIpc) is 2.96. The van der Waals surface area contributed by atoms with Gasteiger partial charge in [0.15, 0.2) is 0 Å². The molecule has 0 amide bonds. The Morgan fingerprint density at radius 2 is 1.48 bits per heavy atom. The standard InChI is InChI=1S/C33H38N2O7/c1-2-3-7-20-40-25-15-17-27(18-16-25)42-32(37)19-12-23-10-13-26(14-11-23)41-31(36)9-6-4-5-8-28-29(33(38)39)21-24(34)22-30(28)35/h10-19,21-22H,2-9,20,34-35H2,1H3,(H,38,39)/b19-12+. The summed E-state index contributed by atoms with van der Waals surface area (Å²) < 4.78 is 16.4. The Morgan fingerprint density at radius 1 is 0.810 bits per heavy atom. The molecule has 0 saturated heterocycles. The highest BCUT2D eigenvalue weighted by Gasteiger charge is 2.14. The smallest absolute Gasteiger partial charge is 0.336 e. The summed E-state index contributed by atoms with van der Waals surface area (Å²) in [4.78, 5) is 35.9. The number of rotatable bonds is 16. The molecular formula is C33H38N2O7. The van der Waals surface area contributed by atoms with Crippen molar-refractivity contribution in [3.63, 3.8) is 0 Å². The number of unbranched alkanes of at least 4 members (excludes halogenated alkanes) is 4. The molecule has 3 rings (SSSR count). The van der Waals surface area contributed by atoms with Crippen molar-refractivity contribution in [2.75, 3.05) is 18.1 Å². The molecule has 0 radical (unpaired) electrons. The van der Waals surface area contributed by atoms with Crippen LogP contribution in [0.3, 0.4) is 0 Å². The van der Waals surface area contributed by atoms with E-state index < -0.39 is 11.9 Å². The van der Waals surface area contributed by atoms with Crippen LogP contribution in [0.15, 0.2) is 66.7 Å². The third kappa shape index (κ3) is 10.6. The van der Waals surface area contributed by atoms with Gasteiger partial charge in [-0.2, -0.15) is 0 Å². The number of carboxylic acid groups (broad SMARTS) is 1. The van der Waals surface area contributed by atoms with Crippen LogP contribution >= 0.6 is 0 Å². The van der Waals surface area contributed by atoms with Gasteiger partial charge in [0, 0.05) is 23.9 Å². The number of aromatic carboxylic acids is 1. The zero-order chi connectivity index (χ0) is 30.3. The fourth-order valence-corrected chi connectivity index (χ4v) is 4.23. The third-order valence-corrected chi connectivity index (χ3v) is 6.43. The minimum atomic E-state index is -1.07. The maximum atomic E-state index is 12.2. The summed E-state index contributed by atoms with van der Waals surface area (Å²) in [6.45, 7) is 2.80. The topological polar surface area (TPSA) is 151 Å². The molecule has 42 heavy (non-hydrogen) atoms. The van der Waals surface area contributed by atoms with Crippen LogP contribution in [0.1, 0.15) is 73.4 Å². The minimum Gasteiger partial charge on any atom is -0.494 e. The van der Waals surface area contributed by atoms with Crippen LogP contribution in [-0.2, 0) is 16.0 Å². The largest absolute Gasteiger partial charge is 0.494 e. The first-order valence-electron chi connectivity index (χ1n) is 14.1. The van der Waals surface area contributed by atoms with Crippen LogP contribution in [0.25, 0.3) is 6.08 Å². The normalized spacial score (nSPS) is 10.9. The van der Waals surface area contributed by atoms with E-state index in [-0.39, 0.29) is 18.0 Å². The van der Waals surface area contributed by atoms with E-state index in [9.17, 15) is 19.5 Å². The summed E-state index contributed by atoms with van der Waals surface area (Å²) in [6.07, 6.45) is 8.87. The summed E-state index contributed by atoms with van der Waals surface area (Å²) in [5.41, 5.74) is 13.7. The quantitative estimate of drug-likeness (QED) is 0.0576. The van der Waals surface area contributed by atoms with Gasteiger partial charge in [-0.3, -0.25) is 4.79 Å². The van der Waals surface area contributed by atoms with E-state index in [0.717, 1.165) is 30.6 Å². The van der Waals surface area contributed by atoms with Crippen LogP contribution in [-0.4, -0.2) is 29.6 Å². The van der Waals surface area contributed by atoms with Gasteiger partial charge in [-0.25, -0.2) is 9.59 Å². The number of hydrogen-bond donors (Lipinski definition) is 3. The summed E-state index contributed by atoms with van der Waals surface area (Å²) in [5.74, 6) is -0.389. The van der Waals surface area contributed by atoms with E-state index in [1.54, 1.807) is 60.7 Å². The van der Waals surface area contributed by atoms with Gasteiger partial charge in [0.05, 0.1) is 12.2 Å². The molecule has 0 aliphatic carbocycles. The van der Waals surface area contributed by atoms with Crippen molar-refractivity contribution in [2.24, 2.45) is 0 Å². The van der Waals surface area contributed by atoms with E-state index in [0.29, 0.717) is 60.7 Å². The summed E-state index contributed by atoms with van der Waals surface area (Å²) in [6, 6.07) is 16.6. The van der Waals surface area contributed by atoms with Crippen molar-refractivity contribution in [3.8, 4) is 17.2 Å². The van der Waals surface area contributed by atoms with Gasteiger partial charge in [-0.1, -0.05) is 38.3 Å². The van der Waals surface area contributed by atoms with Gasteiger partial charge in [-0.15, -0.1) is 0 Å². The molecule has 0 saturated carbocycles. The molecule has 0 spiro atoms. The van der Waals surface area contributed by atoms with Gasteiger partial charge in [-0.05, 0) is 91.4 Å². The highest BCUT2D eigenvalue weighted by Crippen LogP contribution is 2.24. The second kappa shape index (κ2) is 16.5. The lowest BCUT2D eigenvalue weighted by Crippen LogP contribution is -2.09. The van der Waals surface area contributed by atoms with Crippen LogP contribution in [0, 0.1) is 0 Å². The lowest BCUT2D eigenvalue weighted by molar-refractivity contribution is -0.134. The maximum Gasteiger partial charge on any atom is 0.336 e. The third-order valence-electron chi connectivity index (χ3n) is 6.43. The molecule has 9 nitrogen and oxygen atoms in total. The first-order chi connectivity index (χ1) is 20.2. The van der Waals surface area contributed by atoms with Crippen LogP contribution in [0.5, 0.6) is 17.2 Å². The van der Waals surface area contributed by atoms with Crippen molar-refractivity contribution < 1.29 is 33.7 Å². The fraction of sp³-hybridized carbons (Fsp3) is 0.303. The summed E-state index contributed by atoms with van der Waals surface area (Å²) >= 11 is 0. The predicted octanol–water partition coefficient (Wildman–Crippen LogP) is 6.45. The van der Waals surface area contributed by atoms with Crippen molar-refractivity contribution in [1.29, 1.82) is 0 Å². The van der Waals surface area contributed by atoms with E-state index >= 15 is 0 Å². The zero-order valence-corrected chi connectivity index (χ0v) is 23.8. The molecule has 5 N–H and O–H groups in total. The molecule has 0 aliphatic heterocycles. The van der Waals surface area contributed by atoms with Crippen molar-refractivity contribution in [1.82, 2.24) is 0 Å². The Hall–Kier alpha value is -4.79. The number of carbonyl (C=O) groups excluding carboxylic acids is 2. The molecule has 0 aliphatic rings. The van der Waals surface area contributed by atoms with Crippen LogP contribution in [0.4, 0.5) is 11.4 Å². The molecule has 9 heteroatoms.